The third-order valence-electron chi connectivity index (χ3n) is 14.9. The molecule has 77 heavy (non-hydrogen) atoms. The van der Waals surface area contributed by atoms with Crippen LogP contribution in [0.2, 0.25) is 0 Å². The van der Waals surface area contributed by atoms with Crippen molar-refractivity contribution >= 4 is 19.8 Å². The average molecular weight is 1110 g/mol. The fourth-order valence-electron chi connectivity index (χ4n) is 9.79. The number of nitrogens with zero attached hydrogens (tertiary/aromatic N) is 1. The van der Waals surface area contributed by atoms with E-state index in [-0.39, 0.29) is 25.6 Å². The minimum atomic E-state index is -4.39. The Morgan fingerprint density at radius 3 is 1.04 bits per heavy atom. The van der Waals surface area contributed by atoms with Crippen LogP contribution in [0.25, 0.3) is 0 Å². The summed E-state index contributed by atoms with van der Waals surface area (Å²) in [6, 6.07) is 0. The van der Waals surface area contributed by atoms with Crippen molar-refractivity contribution < 1.29 is 42.1 Å². The maximum atomic E-state index is 12.9. The van der Waals surface area contributed by atoms with Gasteiger partial charge in [-0.1, -0.05) is 301 Å². The van der Waals surface area contributed by atoms with E-state index in [2.05, 4.69) is 50.3 Å². The molecule has 0 aliphatic rings. The van der Waals surface area contributed by atoms with Crippen molar-refractivity contribution in [2.45, 2.75) is 335 Å². The van der Waals surface area contributed by atoms with E-state index < -0.39 is 26.5 Å². The molecule has 0 aromatic heterocycles. The second-order valence-corrected chi connectivity index (χ2v) is 25.3. The van der Waals surface area contributed by atoms with E-state index in [9.17, 15) is 19.0 Å². The molecule has 0 amide bonds. The largest absolute Gasteiger partial charge is 0.472 e. The average Bonchev–Trinajstić information content (AvgIpc) is 3.39. The first-order valence-electron chi connectivity index (χ1n) is 33.2. The molecule has 0 saturated heterocycles. The number of phosphoric acid groups is 1. The Balaban J connectivity index is 4.05. The lowest BCUT2D eigenvalue weighted by Crippen LogP contribution is -2.37. The summed E-state index contributed by atoms with van der Waals surface area (Å²) in [5.41, 5.74) is 0. The summed E-state index contributed by atoms with van der Waals surface area (Å²) in [7, 11) is 1.49. The summed E-state index contributed by atoms with van der Waals surface area (Å²) < 4.78 is 34.7. The number of esters is 2. The number of likely N-dealkylation sites (N-methyl/N-ethyl adjacent to an activating group) is 1. The van der Waals surface area contributed by atoms with Crippen LogP contribution in [0.1, 0.15) is 328 Å². The van der Waals surface area contributed by atoms with Gasteiger partial charge in [0.05, 0.1) is 27.7 Å². The second kappa shape index (κ2) is 58.9. The number of carbonyl (C=O) groups is 2. The van der Waals surface area contributed by atoms with Crippen LogP contribution in [0.4, 0.5) is 0 Å². The summed E-state index contributed by atoms with van der Waals surface area (Å²) in [5, 5.41) is 0. The van der Waals surface area contributed by atoms with Gasteiger partial charge in [0.15, 0.2) is 6.10 Å². The maximum Gasteiger partial charge on any atom is 0.472 e. The Hall–Kier alpha value is -1.77. The van der Waals surface area contributed by atoms with Crippen molar-refractivity contribution in [3.8, 4) is 0 Å². The quantitative estimate of drug-likeness (QED) is 0.0211. The van der Waals surface area contributed by atoms with Gasteiger partial charge in [0.2, 0.25) is 0 Å². The highest BCUT2D eigenvalue weighted by atomic mass is 31.2. The topological polar surface area (TPSA) is 108 Å². The molecule has 9 nitrogen and oxygen atoms in total. The Bertz CT molecular complexity index is 1390. The molecular weight excluding hydrogens is 978 g/mol. The smallest absolute Gasteiger partial charge is 0.462 e. The number of rotatable bonds is 62. The maximum absolute atomic E-state index is 12.9. The summed E-state index contributed by atoms with van der Waals surface area (Å²) in [6.07, 6.45) is 73.8. The molecule has 454 valence electrons. The van der Waals surface area contributed by atoms with Gasteiger partial charge in [0.25, 0.3) is 0 Å². The van der Waals surface area contributed by atoms with Gasteiger partial charge in [0.1, 0.15) is 19.8 Å². The highest BCUT2D eigenvalue weighted by Crippen LogP contribution is 2.43. The van der Waals surface area contributed by atoms with Crippen LogP contribution in [0.3, 0.4) is 0 Å². The van der Waals surface area contributed by atoms with Gasteiger partial charge in [0, 0.05) is 12.8 Å². The van der Waals surface area contributed by atoms with Gasteiger partial charge < -0.3 is 18.9 Å². The predicted molar refractivity (Wildman–Crippen MR) is 330 cm³/mol. The molecule has 0 aromatic carbocycles. The normalized spacial score (nSPS) is 13.4. The first-order valence-corrected chi connectivity index (χ1v) is 34.7. The molecule has 0 aromatic rings. The first kappa shape index (κ1) is 75.2. The SMILES string of the molecule is CCCCCCC/C=C\C/C=C\C/C=C\CCCCCCCCCCCCCCCCC(=O)OC(COC(=O)CCCCCCCCCCCCCCCCCCCCCCCCCC)COP(=O)(O)OCC[N+](C)(C)C. The van der Waals surface area contributed by atoms with Gasteiger partial charge in [-0.05, 0) is 51.4 Å². The monoisotopic (exact) mass is 1110 g/mol. The molecule has 0 bridgehead atoms. The van der Waals surface area contributed by atoms with E-state index in [0.717, 1.165) is 44.9 Å². The van der Waals surface area contributed by atoms with Gasteiger partial charge in [-0.25, -0.2) is 4.57 Å². The predicted octanol–water partition coefficient (Wildman–Crippen LogP) is 21.1. The van der Waals surface area contributed by atoms with Crippen molar-refractivity contribution in [2.24, 2.45) is 0 Å². The Kier molecular flexibility index (Phi) is 57.5. The molecular formula is C67H129NO8P+. The Morgan fingerprint density at radius 2 is 0.701 bits per heavy atom. The van der Waals surface area contributed by atoms with Gasteiger partial charge in [-0.3, -0.25) is 18.6 Å². The van der Waals surface area contributed by atoms with E-state index in [1.54, 1.807) is 0 Å². The van der Waals surface area contributed by atoms with Crippen molar-refractivity contribution in [1.82, 2.24) is 0 Å². The third-order valence-corrected chi connectivity index (χ3v) is 15.9. The second-order valence-electron chi connectivity index (χ2n) is 23.9. The fraction of sp³-hybridized carbons (Fsp3) is 0.881. The lowest BCUT2D eigenvalue weighted by atomic mass is 10.0. The van der Waals surface area contributed by atoms with Crippen LogP contribution in [0, 0.1) is 0 Å². The molecule has 0 radical (unpaired) electrons. The van der Waals surface area contributed by atoms with E-state index in [4.69, 9.17) is 18.5 Å². The van der Waals surface area contributed by atoms with E-state index >= 15 is 0 Å². The molecule has 0 aliphatic heterocycles. The number of ether oxygens (including phenoxy) is 2. The van der Waals surface area contributed by atoms with Crippen molar-refractivity contribution in [3.05, 3.63) is 36.5 Å². The van der Waals surface area contributed by atoms with Crippen LogP contribution < -0.4 is 0 Å². The molecule has 0 heterocycles. The minimum Gasteiger partial charge on any atom is -0.462 e. The molecule has 0 aliphatic carbocycles. The van der Waals surface area contributed by atoms with Crippen LogP contribution in [0.5, 0.6) is 0 Å². The van der Waals surface area contributed by atoms with E-state index in [0.29, 0.717) is 23.9 Å². The molecule has 2 unspecified atom stereocenters. The lowest BCUT2D eigenvalue weighted by Gasteiger charge is -2.24. The first-order chi connectivity index (χ1) is 37.5. The molecule has 10 heteroatoms. The minimum absolute atomic E-state index is 0.0339. The van der Waals surface area contributed by atoms with Crippen molar-refractivity contribution in [3.63, 3.8) is 0 Å². The standard InChI is InChI=1S/C67H128NO8P/c1-6-8-10-12-14-16-18-20-22-24-26-28-30-32-33-34-35-36-38-40-42-44-46-48-50-52-54-56-58-60-67(70)76-65(64-75-77(71,72)74-62-61-68(3,4)5)63-73-66(69)59-57-55-53-51-49-47-45-43-41-39-37-31-29-27-25-23-21-19-17-15-13-11-9-7-2/h18,20,24,26,30,32,65H,6-17,19,21-23,25,27-29,31,33-64H2,1-5H3/p+1/b20-18-,26-24-,32-30-. The summed E-state index contributed by atoms with van der Waals surface area (Å²) in [4.78, 5) is 35.8. The van der Waals surface area contributed by atoms with Gasteiger partial charge >= 0.3 is 19.8 Å². The number of phosphoric ester groups is 1. The molecule has 0 fully saturated rings. The summed E-state index contributed by atoms with van der Waals surface area (Å²) in [6.45, 7) is 4.48. The van der Waals surface area contributed by atoms with Crippen LogP contribution in [-0.2, 0) is 32.7 Å². The molecule has 0 rings (SSSR count). The lowest BCUT2D eigenvalue weighted by molar-refractivity contribution is -0.870. The highest BCUT2D eigenvalue weighted by Gasteiger charge is 2.27. The van der Waals surface area contributed by atoms with Gasteiger partial charge in [-0.2, -0.15) is 0 Å². The van der Waals surface area contributed by atoms with Crippen molar-refractivity contribution in [1.29, 1.82) is 0 Å². The third kappa shape index (κ3) is 63.3. The van der Waals surface area contributed by atoms with Crippen LogP contribution in [-0.4, -0.2) is 74.9 Å². The van der Waals surface area contributed by atoms with Crippen LogP contribution in [0.15, 0.2) is 36.5 Å². The number of allylic oxidation sites excluding steroid dienone is 6. The van der Waals surface area contributed by atoms with E-state index in [1.807, 2.05) is 21.1 Å². The zero-order chi connectivity index (χ0) is 56.3. The number of carbonyl (C=O) groups excluding carboxylic acids is 2. The van der Waals surface area contributed by atoms with Crippen molar-refractivity contribution in [2.75, 3.05) is 47.5 Å². The summed E-state index contributed by atoms with van der Waals surface area (Å²) >= 11 is 0. The molecule has 2 atom stereocenters. The zero-order valence-electron chi connectivity index (χ0n) is 51.7. The number of hydrogen-bond donors (Lipinski definition) is 1. The Labute approximate surface area is 478 Å². The highest BCUT2D eigenvalue weighted by molar-refractivity contribution is 7.47. The molecule has 0 saturated carbocycles. The van der Waals surface area contributed by atoms with E-state index in [1.165, 1.54) is 250 Å². The molecule has 1 N–H and O–H groups in total. The zero-order valence-corrected chi connectivity index (χ0v) is 52.6. The number of hydrogen-bond acceptors (Lipinski definition) is 7. The fourth-order valence-corrected chi connectivity index (χ4v) is 10.5. The van der Waals surface area contributed by atoms with Gasteiger partial charge in [-0.15, -0.1) is 0 Å². The van der Waals surface area contributed by atoms with Crippen LogP contribution >= 0.6 is 7.82 Å². The summed E-state index contributed by atoms with van der Waals surface area (Å²) in [5.74, 6) is -0.779. The number of quaternary nitrogens is 1. The number of unbranched alkanes of at least 4 members (excludes halogenated alkanes) is 42. The molecule has 0 spiro atoms. The Morgan fingerprint density at radius 1 is 0.403 bits per heavy atom.